The van der Waals surface area contributed by atoms with Crippen LogP contribution in [0.2, 0.25) is 0 Å². The molecule has 3 aromatic rings. The van der Waals surface area contributed by atoms with Gasteiger partial charge in [-0.2, -0.15) is 0 Å². The van der Waals surface area contributed by atoms with E-state index in [9.17, 15) is 0 Å². The summed E-state index contributed by atoms with van der Waals surface area (Å²) in [6.07, 6.45) is 8.96. The molecule has 4 nitrogen and oxygen atoms in total. The minimum Gasteiger partial charge on any atom is -0.345 e. The van der Waals surface area contributed by atoms with Crippen molar-refractivity contribution in [2.24, 2.45) is 7.05 Å². The van der Waals surface area contributed by atoms with E-state index in [-0.39, 0.29) is 0 Å². The number of hydrogen-bond donors (Lipinski definition) is 1. The molecule has 4 heteroatoms. The van der Waals surface area contributed by atoms with Crippen molar-refractivity contribution in [3.8, 4) is 11.4 Å². The molecule has 0 spiro atoms. The summed E-state index contributed by atoms with van der Waals surface area (Å²) in [5.74, 6) is 0.922. The van der Waals surface area contributed by atoms with E-state index in [1.54, 1.807) is 18.7 Å². The number of imidazole rings is 2. The van der Waals surface area contributed by atoms with Crippen molar-refractivity contribution in [3.63, 3.8) is 0 Å². The van der Waals surface area contributed by atoms with Crippen LogP contribution in [0.15, 0.2) is 61.4 Å². The van der Waals surface area contributed by atoms with Gasteiger partial charge in [0.25, 0.3) is 0 Å². The minimum atomic E-state index is 0.922. The summed E-state index contributed by atoms with van der Waals surface area (Å²) in [6.45, 7) is 0. The van der Waals surface area contributed by atoms with Gasteiger partial charge in [0, 0.05) is 37.4 Å². The Bertz CT molecular complexity index is 512. The van der Waals surface area contributed by atoms with Gasteiger partial charge in [-0.1, -0.05) is 30.3 Å². The molecular weight excluding hydrogens is 212 g/mol. The van der Waals surface area contributed by atoms with Crippen molar-refractivity contribution in [2.75, 3.05) is 0 Å². The van der Waals surface area contributed by atoms with E-state index < -0.39 is 0 Å². The van der Waals surface area contributed by atoms with Crippen LogP contribution in [0.3, 0.4) is 0 Å². The van der Waals surface area contributed by atoms with Crippen LogP contribution in [0.4, 0.5) is 0 Å². The molecule has 0 bridgehead atoms. The summed E-state index contributed by atoms with van der Waals surface area (Å²) in [6, 6.07) is 10.0. The van der Waals surface area contributed by atoms with Gasteiger partial charge >= 0.3 is 0 Å². The Morgan fingerprint density at radius 1 is 1.12 bits per heavy atom. The number of rotatable bonds is 1. The highest BCUT2D eigenvalue weighted by molar-refractivity contribution is 5.53. The summed E-state index contributed by atoms with van der Waals surface area (Å²) in [5.41, 5.74) is 1.12. The average molecular weight is 226 g/mol. The largest absolute Gasteiger partial charge is 0.345 e. The fourth-order valence-corrected chi connectivity index (χ4v) is 1.34. The van der Waals surface area contributed by atoms with Crippen molar-refractivity contribution < 1.29 is 0 Å². The monoisotopic (exact) mass is 226 g/mol. The Morgan fingerprint density at radius 2 is 1.94 bits per heavy atom. The molecule has 2 heterocycles. The Kier molecular flexibility index (Phi) is 3.70. The first-order valence-corrected chi connectivity index (χ1v) is 5.33. The van der Waals surface area contributed by atoms with E-state index in [1.807, 2.05) is 54.3 Å². The fraction of sp³-hybridized carbons (Fsp3) is 0.0769. The third-order valence-corrected chi connectivity index (χ3v) is 2.18. The second-order valence-corrected chi connectivity index (χ2v) is 3.53. The maximum atomic E-state index is 4.13. The molecule has 1 N–H and O–H groups in total. The van der Waals surface area contributed by atoms with Crippen LogP contribution >= 0.6 is 0 Å². The molecule has 0 aliphatic heterocycles. The Hall–Kier alpha value is -2.36. The quantitative estimate of drug-likeness (QED) is 0.693. The Labute approximate surface area is 100.0 Å². The lowest BCUT2D eigenvalue weighted by Crippen LogP contribution is -1.77. The number of nitrogens with zero attached hydrogens (tertiary/aromatic N) is 3. The van der Waals surface area contributed by atoms with Crippen LogP contribution in [0, 0.1) is 0 Å². The van der Waals surface area contributed by atoms with E-state index in [2.05, 4.69) is 15.0 Å². The van der Waals surface area contributed by atoms with Crippen LogP contribution in [0.5, 0.6) is 0 Å². The first-order chi connectivity index (χ1) is 8.36. The molecule has 0 aliphatic rings. The van der Waals surface area contributed by atoms with Gasteiger partial charge < -0.3 is 9.55 Å². The van der Waals surface area contributed by atoms with Crippen LogP contribution in [-0.4, -0.2) is 19.5 Å². The molecule has 86 valence electrons. The summed E-state index contributed by atoms with van der Waals surface area (Å²) in [7, 11) is 1.94. The Morgan fingerprint density at radius 3 is 2.41 bits per heavy atom. The third kappa shape index (κ3) is 3.31. The van der Waals surface area contributed by atoms with Crippen molar-refractivity contribution in [1.29, 1.82) is 0 Å². The van der Waals surface area contributed by atoms with Gasteiger partial charge in [0.05, 0.1) is 6.33 Å². The van der Waals surface area contributed by atoms with Crippen LogP contribution < -0.4 is 0 Å². The number of aromatic amines is 1. The predicted molar refractivity (Wildman–Crippen MR) is 67.2 cm³/mol. The highest BCUT2D eigenvalue weighted by Crippen LogP contribution is 2.11. The van der Waals surface area contributed by atoms with Gasteiger partial charge in [-0.15, -0.1) is 0 Å². The molecule has 0 unspecified atom stereocenters. The molecule has 0 atom stereocenters. The summed E-state index contributed by atoms with van der Waals surface area (Å²) < 4.78 is 1.89. The SMILES string of the molecule is Cn1ccnc1.c1ccc(-c2ncc[nH]2)cc1. The topological polar surface area (TPSA) is 46.5 Å². The van der Waals surface area contributed by atoms with Gasteiger partial charge in [0.15, 0.2) is 0 Å². The van der Waals surface area contributed by atoms with Gasteiger partial charge in [0.1, 0.15) is 5.82 Å². The molecule has 0 radical (unpaired) electrons. The molecule has 17 heavy (non-hydrogen) atoms. The van der Waals surface area contributed by atoms with E-state index in [1.165, 1.54) is 0 Å². The maximum Gasteiger partial charge on any atom is 0.137 e. The first-order valence-electron chi connectivity index (χ1n) is 5.33. The summed E-state index contributed by atoms with van der Waals surface area (Å²) in [5, 5.41) is 0. The van der Waals surface area contributed by atoms with Crippen LogP contribution in [-0.2, 0) is 7.05 Å². The summed E-state index contributed by atoms with van der Waals surface area (Å²) in [4.78, 5) is 11.0. The lowest BCUT2D eigenvalue weighted by Gasteiger charge is -1.92. The fourth-order valence-electron chi connectivity index (χ4n) is 1.34. The highest BCUT2D eigenvalue weighted by Gasteiger charge is 1.94. The lowest BCUT2D eigenvalue weighted by atomic mass is 10.2. The van der Waals surface area contributed by atoms with E-state index in [0.717, 1.165) is 11.4 Å². The van der Waals surface area contributed by atoms with E-state index in [4.69, 9.17) is 0 Å². The molecule has 0 saturated heterocycles. The normalized spacial score (nSPS) is 9.47. The molecule has 0 aliphatic carbocycles. The first kappa shape index (κ1) is 11.1. The predicted octanol–water partition coefficient (Wildman–Crippen LogP) is 2.50. The Balaban J connectivity index is 0.000000153. The highest BCUT2D eigenvalue weighted by atomic mass is 15.0. The van der Waals surface area contributed by atoms with E-state index >= 15 is 0 Å². The standard InChI is InChI=1S/C9H8N2.C4H6N2/c1-2-4-8(5-3-1)9-10-6-7-11-9;1-6-3-2-5-4-6/h1-7H,(H,10,11);2-4H,1H3. The number of hydrogen-bond acceptors (Lipinski definition) is 2. The molecule has 0 saturated carbocycles. The number of H-pyrrole nitrogens is 1. The van der Waals surface area contributed by atoms with Crippen molar-refractivity contribution in [1.82, 2.24) is 19.5 Å². The number of aryl methyl sites for hydroxylation is 1. The van der Waals surface area contributed by atoms with Crippen LogP contribution in [0.25, 0.3) is 11.4 Å². The third-order valence-electron chi connectivity index (χ3n) is 2.18. The zero-order valence-corrected chi connectivity index (χ0v) is 9.62. The molecule has 3 rings (SSSR count). The van der Waals surface area contributed by atoms with Crippen LogP contribution in [0.1, 0.15) is 0 Å². The lowest BCUT2D eigenvalue weighted by molar-refractivity contribution is 0.913. The number of benzene rings is 1. The zero-order valence-electron chi connectivity index (χ0n) is 9.62. The molecule has 0 fully saturated rings. The smallest absolute Gasteiger partial charge is 0.137 e. The second-order valence-electron chi connectivity index (χ2n) is 3.53. The molecule has 2 aromatic heterocycles. The second kappa shape index (κ2) is 5.65. The van der Waals surface area contributed by atoms with Gasteiger partial charge in [-0.25, -0.2) is 9.97 Å². The number of aromatic nitrogens is 4. The van der Waals surface area contributed by atoms with Gasteiger partial charge in [0.2, 0.25) is 0 Å². The molecule has 1 aromatic carbocycles. The maximum absolute atomic E-state index is 4.13. The average Bonchev–Trinajstić information content (AvgIpc) is 3.03. The van der Waals surface area contributed by atoms with Crippen molar-refractivity contribution >= 4 is 0 Å². The minimum absolute atomic E-state index is 0.922. The van der Waals surface area contributed by atoms with Crippen molar-refractivity contribution in [2.45, 2.75) is 0 Å². The number of nitrogens with one attached hydrogen (secondary N) is 1. The van der Waals surface area contributed by atoms with E-state index in [0.29, 0.717) is 0 Å². The van der Waals surface area contributed by atoms with Gasteiger partial charge in [-0.3, -0.25) is 0 Å². The summed E-state index contributed by atoms with van der Waals surface area (Å²) >= 11 is 0. The van der Waals surface area contributed by atoms with Gasteiger partial charge in [-0.05, 0) is 0 Å². The van der Waals surface area contributed by atoms with Crippen molar-refractivity contribution in [3.05, 3.63) is 61.4 Å². The molecular formula is C13H14N4. The molecule has 0 amide bonds. The zero-order chi connectivity index (χ0) is 11.9.